The Kier molecular flexibility index (Phi) is 4.54. The van der Waals surface area contributed by atoms with Crippen molar-refractivity contribution in [2.75, 3.05) is 6.54 Å². The summed E-state index contributed by atoms with van der Waals surface area (Å²) in [6.07, 6.45) is 3.13. The summed E-state index contributed by atoms with van der Waals surface area (Å²) in [6.45, 7) is 2.36. The average Bonchev–Trinajstić information content (AvgIpc) is 3.19. The van der Waals surface area contributed by atoms with Crippen molar-refractivity contribution < 1.29 is 5.11 Å². The Morgan fingerprint density at radius 3 is 2.17 bits per heavy atom. The van der Waals surface area contributed by atoms with E-state index in [1.807, 2.05) is 12.1 Å². The Balaban J connectivity index is 1.49. The number of rotatable bonds is 4. The molecule has 0 saturated heterocycles. The third kappa shape index (κ3) is 3.39. The van der Waals surface area contributed by atoms with E-state index in [1.165, 1.54) is 17.3 Å². The van der Waals surface area contributed by atoms with Crippen molar-refractivity contribution in [2.45, 2.75) is 19.1 Å². The van der Waals surface area contributed by atoms with Crippen molar-refractivity contribution in [3.8, 4) is 17.1 Å². The highest BCUT2D eigenvalue weighted by atomic mass is 16.3. The highest BCUT2D eigenvalue weighted by Gasteiger charge is 2.29. The predicted molar refractivity (Wildman–Crippen MR) is 110 cm³/mol. The second-order valence-corrected chi connectivity index (χ2v) is 7.22. The van der Waals surface area contributed by atoms with Crippen LogP contribution in [0.1, 0.15) is 23.0 Å². The first-order valence-corrected chi connectivity index (χ1v) is 9.70. The van der Waals surface area contributed by atoms with Crippen LogP contribution in [0.15, 0.2) is 79.1 Å². The molecule has 4 aromatic rings. The minimum Gasteiger partial charge on any atom is -0.506 e. The summed E-state index contributed by atoms with van der Waals surface area (Å²) in [4.78, 5) is 6.51. The highest BCUT2D eigenvalue weighted by Crippen LogP contribution is 2.32. The molecule has 0 aliphatic carbocycles. The molecule has 1 aliphatic rings. The molecule has 0 bridgehead atoms. The molecular weight excluding hydrogens is 362 g/mol. The predicted octanol–water partition coefficient (Wildman–Crippen LogP) is 3.65. The molecule has 6 nitrogen and oxygen atoms in total. The molecule has 2 aromatic carbocycles. The zero-order chi connectivity index (χ0) is 19.6. The molecule has 3 heterocycles. The van der Waals surface area contributed by atoms with Crippen molar-refractivity contribution in [1.29, 1.82) is 0 Å². The second-order valence-electron chi connectivity index (χ2n) is 7.22. The molecule has 144 valence electrons. The maximum Gasteiger partial charge on any atom is 0.165 e. The summed E-state index contributed by atoms with van der Waals surface area (Å²) in [5.41, 5.74) is 3.31. The summed E-state index contributed by atoms with van der Waals surface area (Å²) in [6, 6.07) is 23.0. The molecule has 0 amide bonds. The van der Waals surface area contributed by atoms with Crippen LogP contribution in [0.2, 0.25) is 0 Å². The molecule has 0 radical (unpaired) electrons. The Bertz CT molecular complexity index is 1070. The van der Waals surface area contributed by atoms with Crippen molar-refractivity contribution in [3.63, 3.8) is 0 Å². The van der Waals surface area contributed by atoms with Crippen LogP contribution in [-0.4, -0.2) is 36.3 Å². The average molecular weight is 383 g/mol. The van der Waals surface area contributed by atoms with Gasteiger partial charge in [-0.2, -0.15) is 0 Å². The summed E-state index contributed by atoms with van der Waals surface area (Å²) < 4.78 is 2.12. The molecule has 29 heavy (non-hydrogen) atoms. The van der Waals surface area contributed by atoms with Crippen LogP contribution in [0.4, 0.5) is 0 Å². The molecule has 5 rings (SSSR count). The van der Waals surface area contributed by atoms with Gasteiger partial charge in [-0.1, -0.05) is 60.7 Å². The van der Waals surface area contributed by atoms with E-state index in [2.05, 4.69) is 73.2 Å². The second kappa shape index (κ2) is 7.48. The molecule has 1 N–H and O–H groups in total. The maximum atomic E-state index is 9.75. The fraction of sp³-hybridized carbons (Fsp3) is 0.174. The van der Waals surface area contributed by atoms with Gasteiger partial charge in [0, 0.05) is 24.8 Å². The standard InChI is InChI=1S/C23H21N5O/c29-20-13-19(14-24-15-20)23-26-25-21-16-27(11-12-28(21)23)22(17-7-3-1-4-8-17)18-9-5-2-6-10-18/h1-10,13-15,22,29H,11-12,16H2. The lowest BCUT2D eigenvalue weighted by Crippen LogP contribution is -2.37. The largest absolute Gasteiger partial charge is 0.506 e. The van der Waals surface area contributed by atoms with Gasteiger partial charge in [0.05, 0.1) is 18.8 Å². The molecule has 6 heteroatoms. The molecule has 0 unspecified atom stereocenters. The molecule has 0 atom stereocenters. The number of benzene rings is 2. The van der Waals surface area contributed by atoms with Crippen LogP contribution in [0.25, 0.3) is 11.4 Å². The van der Waals surface area contributed by atoms with E-state index in [0.717, 1.165) is 30.3 Å². The number of aromatic nitrogens is 4. The first kappa shape index (κ1) is 17.6. The smallest absolute Gasteiger partial charge is 0.165 e. The van der Waals surface area contributed by atoms with Crippen LogP contribution in [0, 0.1) is 0 Å². The van der Waals surface area contributed by atoms with E-state index < -0.39 is 0 Å². The zero-order valence-electron chi connectivity index (χ0n) is 15.9. The number of fused-ring (bicyclic) bond motifs is 1. The van der Waals surface area contributed by atoms with Crippen LogP contribution in [-0.2, 0) is 13.1 Å². The number of pyridine rings is 1. The summed E-state index contributed by atoms with van der Waals surface area (Å²) in [5.74, 6) is 1.80. The first-order chi connectivity index (χ1) is 14.3. The normalized spacial score (nSPS) is 14.1. The van der Waals surface area contributed by atoms with Gasteiger partial charge in [0.25, 0.3) is 0 Å². The highest BCUT2D eigenvalue weighted by molar-refractivity contribution is 5.56. The molecule has 0 saturated carbocycles. The Labute approximate surface area is 169 Å². The fourth-order valence-corrected chi connectivity index (χ4v) is 4.05. The SMILES string of the molecule is Oc1cncc(-c2nnc3n2CCN(C(c2ccccc2)c2ccccc2)C3)c1. The number of hydrogen-bond donors (Lipinski definition) is 1. The van der Waals surface area contributed by atoms with Crippen molar-refractivity contribution in [1.82, 2.24) is 24.6 Å². The van der Waals surface area contributed by atoms with E-state index in [9.17, 15) is 5.11 Å². The zero-order valence-corrected chi connectivity index (χ0v) is 15.9. The summed E-state index contributed by atoms with van der Waals surface area (Å²) in [5, 5.41) is 18.6. The van der Waals surface area contributed by atoms with Gasteiger partial charge in [-0.05, 0) is 17.2 Å². The third-order valence-corrected chi connectivity index (χ3v) is 5.36. The van der Waals surface area contributed by atoms with Gasteiger partial charge in [0.2, 0.25) is 0 Å². The quantitative estimate of drug-likeness (QED) is 0.583. The Hall–Kier alpha value is -3.51. The van der Waals surface area contributed by atoms with Gasteiger partial charge in [-0.15, -0.1) is 10.2 Å². The van der Waals surface area contributed by atoms with E-state index in [-0.39, 0.29) is 11.8 Å². The lowest BCUT2D eigenvalue weighted by Gasteiger charge is -2.35. The van der Waals surface area contributed by atoms with Gasteiger partial charge in [0.15, 0.2) is 5.82 Å². The van der Waals surface area contributed by atoms with E-state index >= 15 is 0 Å². The van der Waals surface area contributed by atoms with E-state index in [0.29, 0.717) is 6.54 Å². The van der Waals surface area contributed by atoms with Gasteiger partial charge >= 0.3 is 0 Å². The van der Waals surface area contributed by atoms with E-state index in [4.69, 9.17) is 0 Å². The van der Waals surface area contributed by atoms with Crippen LogP contribution in [0.5, 0.6) is 5.75 Å². The lowest BCUT2D eigenvalue weighted by molar-refractivity contribution is 0.176. The van der Waals surface area contributed by atoms with Crippen LogP contribution < -0.4 is 0 Å². The Morgan fingerprint density at radius 2 is 1.52 bits per heavy atom. The lowest BCUT2D eigenvalue weighted by atomic mass is 9.96. The van der Waals surface area contributed by atoms with Crippen molar-refractivity contribution >= 4 is 0 Å². The number of hydrogen-bond acceptors (Lipinski definition) is 5. The monoisotopic (exact) mass is 383 g/mol. The van der Waals surface area contributed by atoms with E-state index in [1.54, 1.807) is 12.3 Å². The summed E-state index contributed by atoms with van der Waals surface area (Å²) >= 11 is 0. The third-order valence-electron chi connectivity index (χ3n) is 5.36. The topological polar surface area (TPSA) is 67.1 Å². The molecular formula is C23H21N5O. The molecule has 1 aliphatic heterocycles. The first-order valence-electron chi connectivity index (χ1n) is 9.70. The van der Waals surface area contributed by atoms with Gasteiger partial charge in [0.1, 0.15) is 11.6 Å². The van der Waals surface area contributed by atoms with Crippen molar-refractivity contribution in [3.05, 3.63) is 96.1 Å². The number of nitrogens with zero attached hydrogens (tertiary/aromatic N) is 5. The van der Waals surface area contributed by atoms with Crippen LogP contribution in [0.3, 0.4) is 0 Å². The molecule has 2 aromatic heterocycles. The molecule has 0 fully saturated rings. The molecule has 0 spiro atoms. The van der Waals surface area contributed by atoms with Gasteiger partial charge in [-0.3, -0.25) is 9.88 Å². The maximum absolute atomic E-state index is 9.75. The Morgan fingerprint density at radius 1 is 0.828 bits per heavy atom. The van der Waals surface area contributed by atoms with Crippen molar-refractivity contribution in [2.24, 2.45) is 0 Å². The van der Waals surface area contributed by atoms with Gasteiger partial charge in [-0.25, -0.2) is 0 Å². The van der Waals surface area contributed by atoms with Gasteiger partial charge < -0.3 is 9.67 Å². The summed E-state index contributed by atoms with van der Waals surface area (Å²) in [7, 11) is 0. The minimum absolute atomic E-state index is 0.130. The van der Waals surface area contributed by atoms with Crippen LogP contribution >= 0.6 is 0 Å². The fourth-order valence-electron chi connectivity index (χ4n) is 4.05. The minimum atomic E-state index is 0.130. The number of aromatic hydroxyl groups is 1.